The van der Waals surface area contributed by atoms with Gasteiger partial charge >= 0.3 is 0 Å². The molecular weight excluding hydrogens is 228 g/mol. The number of aromatic nitrogens is 3. The summed E-state index contributed by atoms with van der Waals surface area (Å²) in [5.41, 5.74) is 0. The van der Waals surface area contributed by atoms with E-state index in [9.17, 15) is 0 Å². The van der Waals surface area contributed by atoms with E-state index in [1.54, 1.807) is 6.33 Å². The van der Waals surface area contributed by atoms with Crippen LogP contribution in [0.5, 0.6) is 0 Å². The van der Waals surface area contributed by atoms with Gasteiger partial charge in [0, 0.05) is 14.1 Å². The van der Waals surface area contributed by atoms with Crippen molar-refractivity contribution in [3.8, 4) is 0 Å². The molecule has 0 unspecified atom stereocenters. The number of thioether (sulfide) groups is 2. The summed E-state index contributed by atoms with van der Waals surface area (Å²) in [6, 6.07) is 0. The van der Waals surface area contributed by atoms with Crippen molar-refractivity contribution < 1.29 is 0 Å². The molecule has 0 spiro atoms. The molecule has 2 rings (SSSR count). The van der Waals surface area contributed by atoms with Crippen molar-refractivity contribution in [3.63, 3.8) is 0 Å². The van der Waals surface area contributed by atoms with Crippen molar-refractivity contribution in [3.05, 3.63) is 12.2 Å². The molecule has 0 aliphatic carbocycles. The Balaban J connectivity index is 2.16. The highest BCUT2D eigenvalue weighted by atomic mass is 32.2. The number of rotatable bonds is 2. The lowest BCUT2D eigenvalue weighted by molar-refractivity contribution is 0.900. The molecule has 4 nitrogen and oxygen atoms in total. The maximum atomic E-state index is 4.46. The quantitative estimate of drug-likeness (QED) is 0.788. The van der Waals surface area contributed by atoms with Crippen molar-refractivity contribution in [1.82, 2.24) is 15.0 Å². The highest BCUT2D eigenvalue weighted by Crippen LogP contribution is 2.41. The zero-order chi connectivity index (χ0) is 10.7. The van der Waals surface area contributed by atoms with Crippen LogP contribution in [0.25, 0.3) is 0 Å². The van der Waals surface area contributed by atoms with Crippen LogP contribution >= 0.6 is 23.5 Å². The van der Waals surface area contributed by atoms with E-state index >= 15 is 0 Å². The number of anilines is 1. The van der Waals surface area contributed by atoms with Gasteiger partial charge in [0.05, 0.1) is 0 Å². The van der Waals surface area contributed by atoms with Crippen LogP contribution in [0.4, 0.5) is 5.95 Å². The Hall–Kier alpha value is -0.490. The predicted octanol–water partition coefficient (Wildman–Crippen LogP) is 1.81. The molecule has 6 heteroatoms. The number of nitrogens with zero attached hydrogens (tertiary/aromatic N) is 4. The van der Waals surface area contributed by atoms with Crippen LogP contribution in [0.1, 0.15) is 16.8 Å². The van der Waals surface area contributed by atoms with Crippen LogP contribution in [0.15, 0.2) is 6.33 Å². The van der Waals surface area contributed by atoms with Crippen LogP contribution < -0.4 is 4.90 Å². The summed E-state index contributed by atoms with van der Waals surface area (Å²) in [6.07, 6.45) is 2.89. The lowest BCUT2D eigenvalue weighted by Crippen LogP contribution is -2.15. The van der Waals surface area contributed by atoms with Gasteiger partial charge in [0.2, 0.25) is 5.95 Å². The fraction of sp³-hybridized carbons (Fsp3) is 0.667. The van der Waals surface area contributed by atoms with Crippen LogP contribution in [-0.4, -0.2) is 40.6 Å². The Labute approximate surface area is 98.3 Å². The van der Waals surface area contributed by atoms with Crippen molar-refractivity contribution >= 4 is 29.5 Å². The summed E-state index contributed by atoms with van der Waals surface area (Å²) in [5, 5.41) is 0. The molecule has 82 valence electrons. The van der Waals surface area contributed by atoms with E-state index < -0.39 is 0 Å². The van der Waals surface area contributed by atoms with Crippen LogP contribution in [-0.2, 0) is 0 Å². The highest BCUT2D eigenvalue weighted by Gasteiger charge is 2.19. The summed E-state index contributed by atoms with van der Waals surface area (Å²) >= 11 is 3.86. The van der Waals surface area contributed by atoms with Crippen molar-refractivity contribution in [2.45, 2.75) is 11.0 Å². The van der Waals surface area contributed by atoms with Gasteiger partial charge in [0.25, 0.3) is 0 Å². The van der Waals surface area contributed by atoms with Crippen LogP contribution in [0.2, 0.25) is 0 Å². The smallest absolute Gasteiger partial charge is 0.228 e. The minimum atomic E-state index is 0.389. The zero-order valence-corrected chi connectivity index (χ0v) is 10.5. The lowest BCUT2D eigenvalue weighted by atomic mass is 10.6. The fourth-order valence-electron chi connectivity index (χ4n) is 1.27. The Kier molecular flexibility index (Phi) is 3.69. The topological polar surface area (TPSA) is 41.9 Å². The summed E-state index contributed by atoms with van der Waals surface area (Å²) in [5.74, 6) is 4.07. The van der Waals surface area contributed by atoms with Crippen LogP contribution in [0, 0.1) is 0 Å². The van der Waals surface area contributed by atoms with Crippen molar-refractivity contribution in [1.29, 1.82) is 0 Å². The van der Waals surface area contributed by atoms with Gasteiger partial charge in [0.15, 0.2) is 5.82 Å². The number of hydrogen-bond acceptors (Lipinski definition) is 6. The molecule has 1 aliphatic rings. The molecule has 1 aromatic rings. The molecule has 0 N–H and O–H groups in total. The monoisotopic (exact) mass is 242 g/mol. The van der Waals surface area contributed by atoms with E-state index in [-0.39, 0.29) is 0 Å². The molecule has 2 heterocycles. The average Bonchev–Trinajstić information content (AvgIpc) is 2.30. The molecule has 0 atom stereocenters. The van der Waals surface area contributed by atoms with Crippen LogP contribution in [0.3, 0.4) is 0 Å². The zero-order valence-electron chi connectivity index (χ0n) is 8.88. The largest absolute Gasteiger partial charge is 0.347 e. The van der Waals surface area contributed by atoms with Gasteiger partial charge in [0.1, 0.15) is 10.9 Å². The summed E-state index contributed by atoms with van der Waals surface area (Å²) in [6.45, 7) is 0. The summed E-state index contributed by atoms with van der Waals surface area (Å²) < 4.78 is 0.389. The normalized spacial score (nSPS) is 17.7. The van der Waals surface area contributed by atoms with E-state index in [0.717, 1.165) is 11.8 Å². The Morgan fingerprint density at radius 2 is 2.00 bits per heavy atom. The van der Waals surface area contributed by atoms with Crippen molar-refractivity contribution in [2.75, 3.05) is 30.5 Å². The van der Waals surface area contributed by atoms with Gasteiger partial charge in [-0.15, -0.1) is 23.5 Å². The average molecular weight is 242 g/mol. The number of hydrogen-bond donors (Lipinski definition) is 0. The SMILES string of the molecule is CN(C)c1ncnc(C2SCCCS2)n1. The van der Waals surface area contributed by atoms with E-state index in [1.165, 1.54) is 17.9 Å². The van der Waals surface area contributed by atoms with Gasteiger partial charge in [-0.2, -0.15) is 4.98 Å². The fourth-order valence-corrected chi connectivity index (χ4v) is 3.99. The second kappa shape index (κ2) is 5.03. The Morgan fingerprint density at radius 3 is 2.67 bits per heavy atom. The highest BCUT2D eigenvalue weighted by molar-refractivity contribution is 8.16. The molecule has 1 aliphatic heterocycles. The standard InChI is InChI=1S/C9H14N4S2/c1-13(2)9-11-6-10-7(12-9)8-14-4-3-5-15-8/h6,8H,3-5H2,1-2H3. The predicted molar refractivity (Wildman–Crippen MR) is 66.4 cm³/mol. The third kappa shape index (κ3) is 2.75. The van der Waals surface area contributed by atoms with E-state index in [0.29, 0.717) is 4.58 Å². The lowest BCUT2D eigenvalue weighted by Gasteiger charge is -2.20. The molecule has 0 radical (unpaired) electrons. The molecule has 0 saturated carbocycles. The molecule has 0 amide bonds. The molecular formula is C9H14N4S2. The van der Waals surface area contributed by atoms with Gasteiger partial charge in [-0.05, 0) is 17.9 Å². The molecule has 1 saturated heterocycles. The first kappa shape index (κ1) is 11.0. The van der Waals surface area contributed by atoms with Gasteiger partial charge in [-0.3, -0.25) is 0 Å². The van der Waals surface area contributed by atoms with Gasteiger partial charge in [-0.25, -0.2) is 9.97 Å². The first-order valence-electron chi connectivity index (χ1n) is 4.87. The molecule has 1 aromatic heterocycles. The second-order valence-corrected chi connectivity index (χ2v) is 6.19. The first-order chi connectivity index (χ1) is 7.27. The maximum Gasteiger partial charge on any atom is 0.228 e. The minimum Gasteiger partial charge on any atom is -0.347 e. The second-order valence-electron chi connectivity index (χ2n) is 3.47. The summed E-state index contributed by atoms with van der Waals surface area (Å²) in [4.78, 5) is 14.7. The van der Waals surface area contributed by atoms with E-state index in [4.69, 9.17) is 0 Å². The molecule has 0 bridgehead atoms. The summed E-state index contributed by atoms with van der Waals surface area (Å²) in [7, 11) is 3.89. The molecule has 0 aromatic carbocycles. The van der Waals surface area contributed by atoms with Gasteiger partial charge in [-0.1, -0.05) is 0 Å². The third-order valence-electron chi connectivity index (χ3n) is 2.02. The first-order valence-corrected chi connectivity index (χ1v) is 6.96. The van der Waals surface area contributed by atoms with Crippen molar-refractivity contribution in [2.24, 2.45) is 0 Å². The maximum absolute atomic E-state index is 4.46. The minimum absolute atomic E-state index is 0.389. The van der Waals surface area contributed by atoms with E-state index in [2.05, 4.69) is 15.0 Å². The third-order valence-corrected chi connectivity index (χ3v) is 4.91. The van der Waals surface area contributed by atoms with Gasteiger partial charge < -0.3 is 4.90 Å². The Morgan fingerprint density at radius 1 is 1.27 bits per heavy atom. The van der Waals surface area contributed by atoms with E-state index in [1.807, 2.05) is 42.5 Å². The molecule has 1 fully saturated rings. The molecule has 15 heavy (non-hydrogen) atoms. The Bertz CT molecular complexity index is 326.